The Morgan fingerprint density at radius 3 is 3.00 bits per heavy atom. The first-order chi connectivity index (χ1) is 7.59. The second kappa shape index (κ2) is 4.67. The number of aromatic nitrogens is 1. The molecule has 2 N–H and O–H groups in total. The first-order valence-corrected chi connectivity index (χ1v) is 6.79. The topological polar surface area (TPSA) is 71.1 Å². The molecule has 2 heterocycles. The third kappa shape index (κ3) is 2.52. The van der Waals surface area contributed by atoms with Gasteiger partial charge in [0.05, 0.1) is 5.02 Å². The number of nitrogens with one attached hydrogen (secondary N) is 2. The molecule has 0 amide bonds. The van der Waals surface area contributed by atoms with E-state index in [-0.39, 0.29) is 16.1 Å². The molecule has 1 aromatic rings. The number of hydrogen-bond acceptors (Lipinski definition) is 4. The maximum Gasteiger partial charge on any atom is 0.259 e. The molecule has 1 aliphatic heterocycles. The summed E-state index contributed by atoms with van der Waals surface area (Å²) in [6.45, 7) is 1.47. The molecular formula is C9H12ClN3O2S. The molecule has 7 heteroatoms. The molecule has 0 aliphatic carbocycles. The van der Waals surface area contributed by atoms with Crippen LogP contribution in [0, 0.1) is 0 Å². The molecule has 0 bridgehead atoms. The largest absolute Gasteiger partial charge is 0.315 e. The van der Waals surface area contributed by atoms with Crippen LogP contribution >= 0.6 is 11.6 Å². The lowest BCUT2D eigenvalue weighted by Gasteiger charge is -2.11. The highest BCUT2D eigenvalue weighted by atomic mass is 35.5. The Balaban J connectivity index is 2.21. The lowest BCUT2D eigenvalue weighted by molar-refractivity contribution is 0.556. The highest BCUT2D eigenvalue weighted by Crippen LogP contribution is 2.18. The van der Waals surface area contributed by atoms with Gasteiger partial charge in [-0.3, -0.25) is 0 Å². The van der Waals surface area contributed by atoms with Crippen LogP contribution in [0.25, 0.3) is 0 Å². The van der Waals surface area contributed by atoms with Gasteiger partial charge in [-0.15, -0.1) is 0 Å². The van der Waals surface area contributed by atoms with Crippen molar-refractivity contribution in [3.63, 3.8) is 0 Å². The summed E-state index contributed by atoms with van der Waals surface area (Å²) >= 11 is 5.80. The Labute approximate surface area is 99.3 Å². The van der Waals surface area contributed by atoms with Crippen molar-refractivity contribution in [1.29, 1.82) is 0 Å². The smallest absolute Gasteiger partial charge is 0.259 e. The average molecular weight is 262 g/mol. The van der Waals surface area contributed by atoms with Crippen LogP contribution in [-0.2, 0) is 10.0 Å². The Hall–Kier alpha value is -0.690. The maximum absolute atomic E-state index is 11.9. The zero-order valence-corrected chi connectivity index (χ0v) is 10.1. The quantitative estimate of drug-likeness (QED) is 0.825. The van der Waals surface area contributed by atoms with Crippen molar-refractivity contribution in [2.24, 2.45) is 0 Å². The van der Waals surface area contributed by atoms with Gasteiger partial charge in [0.25, 0.3) is 10.0 Å². The number of hydrogen-bond donors (Lipinski definition) is 2. The number of halogens is 1. The van der Waals surface area contributed by atoms with Crippen LogP contribution < -0.4 is 10.0 Å². The number of pyridine rings is 1. The van der Waals surface area contributed by atoms with Gasteiger partial charge >= 0.3 is 0 Å². The Morgan fingerprint density at radius 2 is 2.38 bits per heavy atom. The second-order valence-corrected chi connectivity index (χ2v) is 5.64. The molecule has 0 radical (unpaired) electrons. The lowest BCUT2D eigenvalue weighted by Crippen LogP contribution is -2.36. The van der Waals surface area contributed by atoms with E-state index < -0.39 is 10.0 Å². The second-order valence-electron chi connectivity index (χ2n) is 3.60. The molecule has 5 nitrogen and oxygen atoms in total. The SMILES string of the molecule is O=S(=O)(NC1CCNC1)c1ncccc1Cl. The van der Waals surface area contributed by atoms with Gasteiger partial charge in [-0.2, -0.15) is 0 Å². The van der Waals surface area contributed by atoms with Gasteiger partial charge in [-0.05, 0) is 25.1 Å². The van der Waals surface area contributed by atoms with Gasteiger partial charge in [0.1, 0.15) is 0 Å². The van der Waals surface area contributed by atoms with E-state index in [0.29, 0.717) is 6.54 Å². The molecule has 2 rings (SSSR count). The Morgan fingerprint density at radius 1 is 1.56 bits per heavy atom. The van der Waals surface area contributed by atoms with E-state index in [1.54, 1.807) is 6.07 Å². The summed E-state index contributed by atoms with van der Waals surface area (Å²) in [4.78, 5) is 3.79. The molecule has 1 saturated heterocycles. The molecule has 0 saturated carbocycles. The average Bonchev–Trinajstić information content (AvgIpc) is 2.70. The van der Waals surface area contributed by atoms with Gasteiger partial charge in [0, 0.05) is 18.8 Å². The van der Waals surface area contributed by atoms with E-state index in [9.17, 15) is 8.42 Å². The number of sulfonamides is 1. The van der Waals surface area contributed by atoms with Crippen LogP contribution in [-0.4, -0.2) is 32.5 Å². The van der Waals surface area contributed by atoms with E-state index in [1.807, 2.05) is 0 Å². The van der Waals surface area contributed by atoms with Crippen molar-refractivity contribution >= 4 is 21.6 Å². The van der Waals surface area contributed by atoms with Crippen LogP contribution in [0.2, 0.25) is 5.02 Å². The van der Waals surface area contributed by atoms with Crippen LogP contribution in [0.4, 0.5) is 0 Å². The highest BCUT2D eigenvalue weighted by molar-refractivity contribution is 7.89. The first-order valence-electron chi connectivity index (χ1n) is 4.93. The summed E-state index contributed by atoms with van der Waals surface area (Å²) in [5.74, 6) is 0. The Bertz CT molecular complexity index is 471. The van der Waals surface area contributed by atoms with Gasteiger partial charge in [0.15, 0.2) is 5.03 Å². The first kappa shape index (κ1) is 11.8. The summed E-state index contributed by atoms with van der Waals surface area (Å²) < 4.78 is 26.4. The zero-order valence-electron chi connectivity index (χ0n) is 8.48. The lowest BCUT2D eigenvalue weighted by atomic mass is 10.3. The summed E-state index contributed by atoms with van der Waals surface area (Å²) in [5, 5.41) is 3.11. The third-order valence-electron chi connectivity index (χ3n) is 2.36. The molecule has 1 aromatic heterocycles. The van der Waals surface area contributed by atoms with Gasteiger partial charge in [-0.1, -0.05) is 11.6 Å². The van der Waals surface area contributed by atoms with Crippen molar-refractivity contribution in [3.05, 3.63) is 23.4 Å². The maximum atomic E-state index is 11.9. The fraction of sp³-hybridized carbons (Fsp3) is 0.444. The fourth-order valence-corrected chi connectivity index (χ4v) is 3.30. The molecule has 88 valence electrons. The van der Waals surface area contributed by atoms with Crippen molar-refractivity contribution in [1.82, 2.24) is 15.0 Å². The molecular weight excluding hydrogens is 250 g/mol. The number of rotatable bonds is 3. The summed E-state index contributed by atoms with van der Waals surface area (Å²) in [6.07, 6.45) is 2.19. The molecule has 1 fully saturated rings. The predicted molar refractivity (Wildman–Crippen MR) is 60.8 cm³/mol. The number of nitrogens with zero attached hydrogens (tertiary/aromatic N) is 1. The van der Waals surface area contributed by atoms with E-state index in [0.717, 1.165) is 13.0 Å². The van der Waals surface area contributed by atoms with Crippen LogP contribution in [0.5, 0.6) is 0 Å². The molecule has 0 aromatic carbocycles. The summed E-state index contributed by atoms with van der Waals surface area (Å²) in [5.41, 5.74) is 0. The molecule has 1 aliphatic rings. The van der Waals surface area contributed by atoms with Crippen molar-refractivity contribution in [3.8, 4) is 0 Å². The highest BCUT2D eigenvalue weighted by Gasteiger charge is 2.25. The van der Waals surface area contributed by atoms with Crippen molar-refractivity contribution in [2.75, 3.05) is 13.1 Å². The predicted octanol–water partition coefficient (Wildman–Crippen LogP) is 0.375. The van der Waals surface area contributed by atoms with Crippen LogP contribution in [0.15, 0.2) is 23.4 Å². The van der Waals surface area contributed by atoms with E-state index >= 15 is 0 Å². The van der Waals surface area contributed by atoms with E-state index in [4.69, 9.17) is 11.6 Å². The van der Waals surface area contributed by atoms with E-state index in [2.05, 4.69) is 15.0 Å². The standard InChI is InChI=1S/C9H12ClN3O2S/c10-8-2-1-4-12-9(8)16(14,15)13-7-3-5-11-6-7/h1-2,4,7,11,13H,3,5-6H2. The van der Waals surface area contributed by atoms with Gasteiger partial charge in [0.2, 0.25) is 0 Å². The van der Waals surface area contributed by atoms with Crippen LogP contribution in [0.1, 0.15) is 6.42 Å². The monoisotopic (exact) mass is 261 g/mol. The molecule has 16 heavy (non-hydrogen) atoms. The molecule has 1 unspecified atom stereocenters. The minimum atomic E-state index is -3.61. The minimum absolute atomic E-state index is 0.0805. The van der Waals surface area contributed by atoms with Crippen molar-refractivity contribution < 1.29 is 8.42 Å². The third-order valence-corrected chi connectivity index (χ3v) is 4.26. The normalized spacial score (nSPS) is 21.2. The summed E-state index contributed by atoms with van der Waals surface area (Å²) in [6, 6.07) is 3.03. The zero-order chi connectivity index (χ0) is 11.6. The molecule has 0 spiro atoms. The summed E-state index contributed by atoms with van der Waals surface area (Å²) in [7, 11) is -3.61. The van der Waals surface area contributed by atoms with Crippen LogP contribution in [0.3, 0.4) is 0 Å². The van der Waals surface area contributed by atoms with Gasteiger partial charge < -0.3 is 5.32 Å². The molecule has 1 atom stereocenters. The van der Waals surface area contributed by atoms with E-state index in [1.165, 1.54) is 12.3 Å². The Kier molecular flexibility index (Phi) is 3.44. The fourth-order valence-electron chi connectivity index (χ4n) is 1.60. The minimum Gasteiger partial charge on any atom is -0.315 e. The van der Waals surface area contributed by atoms with Gasteiger partial charge in [-0.25, -0.2) is 18.1 Å². The van der Waals surface area contributed by atoms with Crippen molar-refractivity contribution in [2.45, 2.75) is 17.5 Å².